The summed E-state index contributed by atoms with van der Waals surface area (Å²) in [6.07, 6.45) is 6.95. The maximum absolute atomic E-state index is 13.1. The number of amides is 1. The Balaban J connectivity index is 1.56. The second kappa shape index (κ2) is 7.16. The van der Waals surface area contributed by atoms with Crippen molar-refractivity contribution >= 4 is 5.91 Å². The van der Waals surface area contributed by atoms with Crippen LogP contribution >= 0.6 is 0 Å². The first-order valence-corrected chi connectivity index (χ1v) is 9.14. The Morgan fingerprint density at radius 2 is 2.08 bits per heavy atom. The molecule has 1 aromatic heterocycles. The van der Waals surface area contributed by atoms with Gasteiger partial charge >= 0.3 is 0 Å². The molecule has 1 aliphatic rings. The van der Waals surface area contributed by atoms with Crippen LogP contribution in [-0.4, -0.2) is 27.6 Å². The van der Waals surface area contributed by atoms with Gasteiger partial charge in [-0.15, -0.1) is 0 Å². The van der Waals surface area contributed by atoms with Crippen LogP contribution < -0.4 is 0 Å². The van der Waals surface area contributed by atoms with Gasteiger partial charge < -0.3 is 4.90 Å². The van der Waals surface area contributed by atoms with Gasteiger partial charge in [-0.25, -0.2) is 0 Å². The van der Waals surface area contributed by atoms with Crippen molar-refractivity contribution in [1.82, 2.24) is 14.7 Å². The first-order chi connectivity index (χ1) is 12.7. The van der Waals surface area contributed by atoms with Gasteiger partial charge in [-0.3, -0.25) is 9.48 Å². The normalized spacial score (nSPS) is 16.1. The van der Waals surface area contributed by atoms with Gasteiger partial charge in [-0.05, 0) is 54.2 Å². The van der Waals surface area contributed by atoms with Gasteiger partial charge in [0.1, 0.15) is 0 Å². The number of nitrogens with zero attached hydrogens (tertiary/aromatic N) is 3. The highest BCUT2D eigenvalue weighted by atomic mass is 16.2. The lowest BCUT2D eigenvalue weighted by molar-refractivity contribution is 0.0715. The third-order valence-corrected chi connectivity index (χ3v) is 5.20. The third-order valence-electron chi connectivity index (χ3n) is 5.20. The monoisotopic (exact) mass is 345 g/mol. The fourth-order valence-electron chi connectivity index (χ4n) is 3.86. The second-order valence-electron chi connectivity index (χ2n) is 6.93. The van der Waals surface area contributed by atoms with Crippen molar-refractivity contribution < 1.29 is 4.79 Å². The molecule has 0 spiro atoms. The Morgan fingerprint density at radius 3 is 2.92 bits per heavy atom. The molecule has 26 heavy (non-hydrogen) atoms. The number of aromatic nitrogens is 2. The molecule has 1 aliphatic carbocycles. The minimum atomic E-state index is 0.0778. The topological polar surface area (TPSA) is 38.1 Å². The van der Waals surface area contributed by atoms with Gasteiger partial charge in [-0.1, -0.05) is 36.4 Å². The summed E-state index contributed by atoms with van der Waals surface area (Å²) in [4.78, 5) is 15.0. The zero-order valence-corrected chi connectivity index (χ0v) is 15.0. The molecule has 1 atom stereocenters. The fraction of sp³-hybridized carbons (Fsp3) is 0.273. The number of benzene rings is 2. The Morgan fingerprint density at radius 1 is 1.19 bits per heavy atom. The van der Waals surface area contributed by atoms with Crippen molar-refractivity contribution in [2.24, 2.45) is 0 Å². The number of rotatable bonds is 4. The molecule has 0 fully saturated rings. The molecule has 0 radical (unpaired) electrons. The molecule has 4 nitrogen and oxygen atoms in total. The Labute approximate surface area is 154 Å². The highest BCUT2D eigenvalue weighted by Gasteiger charge is 2.27. The quantitative estimate of drug-likeness (QED) is 0.714. The molecular formula is C22H23N3O. The van der Waals surface area contributed by atoms with Gasteiger partial charge in [0.25, 0.3) is 5.91 Å². The van der Waals surface area contributed by atoms with E-state index >= 15 is 0 Å². The Kier molecular flexibility index (Phi) is 4.57. The summed E-state index contributed by atoms with van der Waals surface area (Å²) in [6, 6.07) is 18.4. The van der Waals surface area contributed by atoms with Crippen LogP contribution in [0.1, 0.15) is 45.9 Å². The standard InChI is InChI=1S/C22H23N3O/c1-24(21-12-5-9-18-8-2-3-11-20(18)21)22(26)19-10-4-7-17(15-19)16-25-14-6-13-23-25/h2-4,6-8,10-11,13-15,21H,5,9,12,16H2,1H3/t21-/m0/s1. The molecule has 4 rings (SSSR count). The molecule has 132 valence electrons. The minimum Gasteiger partial charge on any atom is -0.335 e. The van der Waals surface area contributed by atoms with E-state index in [9.17, 15) is 4.79 Å². The van der Waals surface area contributed by atoms with Gasteiger partial charge in [0.2, 0.25) is 0 Å². The van der Waals surface area contributed by atoms with Crippen LogP contribution in [0, 0.1) is 0 Å². The molecule has 0 unspecified atom stereocenters. The van der Waals surface area contributed by atoms with E-state index in [4.69, 9.17) is 0 Å². The van der Waals surface area contributed by atoms with Crippen LogP contribution in [-0.2, 0) is 13.0 Å². The van der Waals surface area contributed by atoms with E-state index in [1.54, 1.807) is 6.20 Å². The van der Waals surface area contributed by atoms with Crippen molar-refractivity contribution in [2.75, 3.05) is 7.05 Å². The van der Waals surface area contributed by atoms with E-state index in [0.717, 1.165) is 30.4 Å². The number of hydrogen-bond donors (Lipinski definition) is 0. The average Bonchev–Trinajstić information content (AvgIpc) is 3.19. The van der Waals surface area contributed by atoms with Crippen LogP contribution in [0.3, 0.4) is 0 Å². The largest absolute Gasteiger partial charge is 0.335 e. The lowest BCUT2D eigenvalue weighted by Crippen LogP contribution is -2.33. The van der Waals surface area contributed by atoms with Crippen molar-refractivity contribution in [3.8, 4) is 0 Å². The van der Waals surface area contributed by atoms with E-state index in [0.29, 0.717) is 6.54 Å². The summed E-state index contributed by atoms with van der Waals surface area (Å²) in [5, 5.41) is 4.24. The second-order valence-corrected chi connectivity index (χ2v) is 6.93. The highest BCUT2D eigenvalue weighted by Crippen LogP contribution is 2.34. The van der Waals surface area contributed by atoms with Crippen LogP contribution in [0.15, 0.2) is 67.0 Å². The third kappa shape index (κ3) is 3.27. The molecule has 2 aromatic carbocycles. The maximum Gasteiger partial charge on any atom is 0.254 e. The van der Waals surface area contributed by atoms with Crippen molar-refractivity contribution in [1.29, 1.82) is 0 Å². The van der Waals surface area contributed by atoms with Gasteiger partial charge in [0.15, 0.2) is 0 Å². The first-order valence-electron chi connectivity index (χ1n) is 9.14. The maximum atomic E-state index is 13.1. The summed E-state index contributed by atoms with van der Waals surface area (Å²) in [5.74, 6) is 0.0778. The summed E-state index contributed by atoms with van der Waals surface area (Å²) >= 11 is 0. The van der Waals surface area contributed by atoms with Gasteiger partial charge in [0.05, 0.1) is 12.6 Å². The summed E-state index contributed by atoms with van der Waals surface area (Å²) in [6.45, 7) is 0.671. The zero-order chi connectivity index (χ0) is 17.9. The fourth-order valence-corrected chi connectivity index (χ4v) is 3.86. The van der Waals surface area contributed by atoms with Crippen molar-refractivity contribution in [2.45, 2.75) is 31.8 Å². The van der Waals surface area contributed by atoms with E-state index in [-0.39, 0.29) is 11.9 Å². The molecule has 0 bridgehead atoms. The van der Waals surface area contributed by atoms with Crippen LogP contribution in [0.5, 0.6) is 0 Å². The van der Waals surface area contributed by atoms with Crippen LogP contribution in [0.2, 0.25) is 0 Å². The molecular weight excluding hydrogens is 322 g/mol. The molecule has 0 saturated carbocycles. The SMILES string of the molecule is CN(C(=O)c1cccc(Cn2cccn2)c1)[C@H]1CCCc2ccccc21. The van der Waals surface area contributed by atoms with Crippen molar-refractivity contribution in [3.63, 3.8) is 0 Å². The number of fused-ring (bicyclic) bond motifs is 1. The molecule has 4 heteroatoms. The predicted octanol–water partition coefficient (Wildman–Crippen LogP) is 4.08. The highest BCUT2D eigenvalue weighted by molar-refractivity contribution is 5.94. The van der Waals surface area contributed by atoms with E-state index < -0.39 is 0 Å². The van der Waals surface area contributed by atoms with E-state index in [2.05, 4.69) is 29.4 Å². The van der Waals surface area contributed by atoms with E-state index in [1.807, 2.05) is 53.2 Å². The lowest BCUT2D eigenvalue weighted by Gasteiger charge is -2.33. The number of carbonyl (C=O) groups excluding carboxylic acids is 1. The van der Waals surface area contributed by atoms with Crippen molar-refractivity contribution in [3.05, 3.63) is 89.2 Å². The zero-order valence-electron chi connectivity index (χ0n) is 15.0. The number of hydrogen-bond acceptors (Lipinski definition) is 2. The Bertz CT molecular complexity index is 901. The molecule has 1 heterocycles. The number of aryl methyl sites for hydroxylation is 1. The van der Waals surface area contributed by atoms with Crippen LogP contribution in [0.4, 0.5) is 0 Å². The molecule has 1 amide bonds. The first kappa shape index (κ1) is 16.6. The van der Waals surface area contributed by atoms with E-state index in [1.165, 1.54) is 11.1 Å². The molecule has 0 N–H and O–H groups in total. The Hall–Kier alpha value is -2.88. The molecule has 3 aromatic rings. The minimum absolute atomic E-state index is 0.0778. The number of carbonyl (C=O) groups is 1. The average molecular weight is 345 g/mol. The molecule has 0 aliphatic heterocycles. The van der Waals surface area contributed by atoms with Gasteiger partial charge in [-0.2, -0.15) is 5.10 Å². The van der Waals surface area contributed by atoms with Crippen LogP contribution in [0.25, 0.3) is 0 Å². The van der Waals surface area contributed by atoms with Gasteiger partial charge in [0, 0.05) is 25.0 Å². The summed E-state index contributed by atoms with van der Waals surface area (Å²) < 4.78 is 1.87. The smallest absolute Gasteiger partial charge is 0.254 e. The predicted molar refractivity (Wildman–Crippen MR) is 102 cm³/mol. The lowest BCUT2D eigenvalue weighted by atomic mass is 9.87. The molecule has 0 saturated heterocycles. The summed E-state index contributed by atoms with van der Waals surface area (Å²) in [5.41, 5.74) is 4.48. The summed E-state index contributed by atoms with van der Waals surface area (Å²) in [7, 11) is 1.93.